The van der Waals surface area contributed by atoms with E-state index in [0.29, 0.717) is 0 Å². The van der Waals surface area contributed by atoms with Crippen LogP contribution in [0.5, 0.6) is 5.75 Å². The van der Waals surface area contributed by atoms with E-state index in [-0.39, 0.29) is 40.0 Å². The summed E-state index contributed by atoms with van der Waals surface area (Å²) in [7, 11) is 1.16. The maximum atomic E-state index is 14.7. The lowest BCUT2D eigenvalue weighted by Crippen LogP contribution is -2.12. The van der Waals surface area contributed by atoms with E-state index in [9.17, 15) is 9.18 Å². The number of nitrogen functional groups attached to an aromatic ring is 1. The van der Waals surface area contributed by atoms with Gasteiger partial charge in [-0.15, -0.1) is 0 Å². The largest absolute Gasteiger partial charge is 0.489 e. The number of ether oxygens (including phenoxy) is 2. The molecule has 2 rings (SSSR count). The van der Waals surface area contributed by atoms with Crippen LogP contribution < -0.4 is 10.5 Å². The zero-order valence-corrected chi connectivity index (χ0v) is 13.1. The minimum atomic E-state index is -0.795. The Kier molecular flexibility index (Phi) is 4.77. The molecule has 8 heteroatoms. The molecular formula is C15H13ClFN3O3. The predicted octanol–water partition coefficient (Wildman–Crippen LogP) is 2.91. The van der Waals surface area contributed by atoms with Crippen LogP contribution in [0, 0.1) is 17.1 Å². The van der Waals surface area contributed by atoms with Crippen LogP contribution in [0.3, 0.4) is 0 Å². The van der Waals surface area contributed by atoms with Gasteiger partial charge in [-0.05, 0) is 19.1 Å². The van der Waals surface area contributed by atoms with Crippen molar-refractivity contribution >= 4 is 23.3 Å². The molecule has 23 heavy (non-hydrogen) atoms. The lowest BCUT2D eigenvalue weighted by molar-refractivity contribution is 0.0593. The Balaban J connectivity index is 2.75. The summed E-state index contributed by atoms with van der Waals surface area (Å²) < 4.78 is 25.7. The van der Waals surface area contributed by atoms with E-state index >= 15 is 0 Å². The first-order valence-electron chi connectivity index (χ1n) is 6.56. The first-order chi connectivity index (χ1) is 11.0. The first-order valence-corrected chi connectivity index (χ1v) is 6.94. The number of anilines is 1. The van der Waals surface area contributed by atoms with Gasteiger partial charge in [0.1, 0.15) is 6.07 Å². The van der Waals surface area contributed by atoms with Crippen molar-refractivity contribution in [2.75, 3.05) is 19.5 Å². The molecule has 0 spiro atoms. The maximum Gasteiger partial charge on any atom is 0.357 e. The molecule has 2 aromatic rings. The smallest absolute Gasteiger partial charge is 0.357 e. The van der Waals surface area contributed by atoms with Crippen molar-refractivity contribution in [3.63, 3.8) is 0 Å². The second kappa shape index (κ2) is 6.58. The Hall–Kier alpha value is -2.72. The van der Waals surface area contributed by atoms with Crippen molar-refractivity contribution in [2.24, 2.45) is 0 Å². The number of nitrogens with zero attached hydrogens (tertiary/aromatic N) is 2. The molecule has 0 saturated carbocycles. The Labute approximate surface area is 136 Å². The maximum absolute atomic E-state index is 14.7. The third-order valence-corrected chi connectivity index (χ3v) is 3.42. The van der Waals surface area contributed by atoms with Gasteiger partial charge in [0, 0.05) is 6.20 Å². The number of hydrogen-bond donors (Lipinski definition) is 1. The number of methoxy groups -OCH3 is 1. The van der Waals surface area contributed by atoms with E-state index < -0.39 is 11.8 Å². The normalized spacial score (nSPS) is 10.2. The van der Waals surface area contributed by atoms with Gasteiger partial charge >= 0.3 is 5.97 Å². The monoisotopic (exact) mass is 337 g/mol. The number of carbonyl (C=O) groups excluding carboxylic acids is 1. The van der Waals surface area contributed by atoms with Gasteiger partial charge in [0.2, 0.25) is 0 Å². The predicted molar refractivity (Wildman–Crippen MR) is 82.4 cm³/mol. The molecule has 6 nitrogen and oxygen atoms in total. The number of hydrogen-bond acceptors (Lipinski definition) is 5. The van der Waals surface area contributed by atoms with Crippen LogP contribution >= 0.6 is 11.6 Å². The molecule has 0 radical (unpaired) electrons. The SMILES string of the molecule is CCOc1c(Cl)ccc(-n2cc(C#N)c(N)c2C(=O)OC)c1F. The highest BCUT2D eigenvalue weighted by atomic mass is 35.5. The van der Waals surface area contributed by atoms with E-state index in [4.69, 9.17) is 27.3 Å². The lowest BCUT2D eigenvalue weighted by Gasteiger charge is -2.13. The summed E-state index contributed by atoms with van der Waals surface area (Å²) in [5.41, 5.74) is 5.53. The van der Waals surface area contributed by atoms with E-state index in [0.717, 1.165) is 11.7 Å². The number of carbonyl (C=O) groups is 1. The lowest BCUT2D eigenvalue weighted by atomic mass is 10.2. The first kappa shape index (κ1) is 16.6. The molecule has 0 fully saturated rings. The molecule has 0 aliphatic rings. The molecule has 0 aliphatic heterocycles. The molecule has 0 amide bonds. The summed E-state index contributed by atoms with van der Waals surface area (Å²) in [6.45, 7) is 1.89. The summed E-state index contributed by atoms with van der Waals surface area (Å²) in [5, 5.41) is 9.17. The Bertz CT molecular complexity index is 811. The number of rotatable bonds is 4. The molecule has 1 aromatic carbocycles. The Morgan fingerprint density at radius 2 is 2.22 bits per heavy atom. The molecule has 1 heterocycles. The van der Waals surface area contributed by atoms with Crippen LogP contribution in [0.1, 0.15) is 23.0 Å². The van der Waals surface area contributed by atoms with Crippen molar-refractivity contribution in [3.05, 3.63) is 40.4 Å². The molecule has 2 N–H and O–H groups in total. The zero-order valence-electron chi connectivity index (χ0n) is 12.4. The minimum Gasteiger partial charge on any atom is -0.489 e. The van der Waals surface area contributed by atoms with E-state index in [1.54, 1.807) is 6.92 Å². The summed E-state index contributed by atoms with van der Waals surface area (Å²) in [6, 6.07) is 4.62. The standard InChI is InChI=1S/C15H13ClFN3O3/c1-3-23-14-9(16)4-5-10(11(14)17)20-7-8(6-18)12(19)13(20)15(21)22-2/h4-5,7H,3,19H2,1-2H3. The Morgan fingerprint density at radius 3 is 2.78 bits per heavy atom. The fraction of sp³-hybridized carbons (Fsp3) is 0.200. The van der Waals surface area contributed by atoms with Gasteiger partial charge < -0.3 is 19.8 Å². The van der Waals surface area contributed by atoms with Crippen molar-refractivity contribution < 1.29 is 18.7 Å². The summed E-state index contributed by atoms with van der Waals surface area (Å²) in [4.78, 5) is 11.9. The number of benzene rings is 1. The van der Waals surface area contributed by atoms with Crippen LogP contribution in [0.4, 0.5) is 10.1 Å². The number of esters is 1. The molecular weight excluding hydrogens is 325 g/mol. The number of halogens is 2. The van der Waals surface area contributed by atoms with Gasteiger partial charge in [-0.3, -0.25) is 0 Å². The van der Waals surface area contributed by atoms with Crippen LogP contribution in [-0.2, 0) is 4.74 Å². The van der Waals surface area contributed by atoms with Crippen LogP contribution in [0.15, 0.2) is 18.3 Å². The molecule has 120 valence electrons. The molecule has 0 atom stereocenters. The molecule has 0 unspecified atom stereocenters. The second-order valence-corrected chi connectivity index (χ2v) is 4.83. The quantitative estimate of drug-likeness (QED) is 0.866. The fourth-order valence-corrected chi connectivity index (χ4v) is 2.29. The highest BCUT2D eigenvalue weighted by molar-refractivity contribution is 6.32. The van der Waals surface area contributed by atoms with Crippen LogP contribution in [0.2, 0.25) is 5.02 Å². The van der Waals surface area contributed by atoms with Gasteiger partial charge in [0.25, 0.3) is 0 Å². The van der Waals surface area contributed by atoms with Crippen LogP contribution in [-0.4, -0.2) is 24.3 Å². The summed E-state index contributed by atoms with van der Waals surface area (Å²) >= 11 is 5.92. The van der Waals surface area contributed by atoms with Crippen molar-refractivity contribution in [3.8, 4) is 17.5 Å². The molecule has 1 aromatic heterocycles. The van der Waals surface area contributed by atoms with E-state index in [1.165, 1.54) is 18.3 Å². The Morgan fingerprint density at radius 1 is 1.52 bits per heavy atom. The third kappa shape index (κ3) is 2.81. The number of aromatic nitrogens is 1. The molecule has 0 saturated heterocycles. The van der Waals surface area contributed by atoms with Gasteiger partial charge in [0.05, 0.1) is 35.7 Å². The fourth-order valence-electron chi connectivity index (χ4n) is 2.09. The number of nitrogens with two attached hydrogens (primary N) is 1. The minimum absolute atomic E-state index is 0.0257. The third-order valence-electron chi connectivity index (χ3n) is 3.12. The summed E-state index contributed by atoms with van der Waals surface area (Å²) in [6.07, 6.45) is 1.25. The van der Waals surface area contributed by atoms with Crippen molar-refractivity contribution in [1.82, 2.24) is 4.57 Å². The molecule has 0 bridgehead atoms. The average Bonchev–Trinajstić information content (AvgIpc) is 2.87. The van der Waals surface area contributed by atoms with Gasteiger partial charge in [0.15, 0.2) is 17.3 Å². The highest BCUT2D eigenvalue weighted by Gasteiger charge is 2.25. The molecule has 0 aliphatic carbocycles. The van der Waals surface area contributed by atoms with Crippen LogP contribution in [0.25, 0.3) is 5.69 Å². The van der Waals surface area contributed by atoms with Gasteiger partial charge in [-0.25, -0.2) is 9.18 Å². The summed E-state index contributed by atoms with van der Waals surface area (Å²) in [5.74, 6) is -1.71. The van der Waals surface area contributed by atoms with E-state index in [2.05, 4.69) is 4.74 Å². The zero-order chi connectivity index (χ0) is 17.1. The second-order valence-electron chi connectivity index (χ2n) is 4.42. The highest BCUT2D eigenvalue weighted by Crippen LogP contribution is 2.34. The average molecular weight is 338 g/mol. The van der Waals surface area contributed by atoms with Gasteiger partial charge in [-0.2, -0.15) is 5.26 Å². The van der Waals surface area contributed by atoms with Gasteiger partial charge in [-0.1, -0.05) is 11.6 Å². The topological polar surface area (TPSA) is 90.3 Å². The van der Waals surface area contributed by atoms with Crippen molar-refractivity contribution in [2.45, 2.75) is 6.92 Å². The van der Waals surface area contributed by atoms with E-state index in [1.807, 2.05) is 6.07 Å². The number of nitriles is 1. The van der Waals surface area contributed by atoms with Crippen molar-refractivity contribution in [1.29, 1.82) is 5.26 Å².